The lowest BCUT2D eigenvalue weighted by Crippen LogP contribution is -2.46. The van der Waals surface area contributed by atoms with Gasteiger partial charge in [-0.05, 0) is 55.9 Å². The molecular weight excluding hydrogens is 264 g/mol. The van der Waals surface area contributed by atoms with Crippen molar-refractivity contribution in [1.82, 2.24) is 9.80 Å². The van der Waals surface area contributed by atoms with Gasteiger partial charge in [0.05, 0.1) is 12.1 Å². The van der Waals surface area contributed by atoms with Crippen LogP contribution in [0.15, 0.2) is 0 Å². The summed E-state index contributed by atoms with van der Waals surface area (Å²) in [6.45, 7) is 7.63. The predicted molar refractivity (Wildman–Crippen MR) is 84.7 cm³/mol. The number of nitriles is 2. The Bertz CT molecular complexity index is 371. The molecule has 0 aliphatic rings. The van der Waals surface area contributed by atoms with E-state index in [1.807, 2.05) is 51.8 Å². The molecule has 0 saturated heterocycles. The highest BCUT2D eigenvalue weighted by Crippen LogP contribution is 2.29. The standard InChI is InChI=1S/C16H30N4O/c1-13(19(5)6)9-15(3,11-17)21-16(4,12-18)10-14(2)20(7)8/h13-14H,9-10H2,1-8H3. The minimum Gasteiger partial charge on any atom is -0.339 e. The molecule has 5 heteroatoms. The quantitative estimate of drug-likeness (QED) is 0.687. The first-order valence-corrected chi connectivity index (χ1v) is 7.34. The SMILES string of the molecule is CC(CC(C)(C#N)OC(C)(C#N)CC(C)N(C)C)N(C)C. The van der Waals surface area contributed by atoms with Crippen LogP contribution >= 0.6 is 0 Å². The Balaban J connectivity index is 5.06. The van der Waals surface area contributed by atoms with E-state index in [-0.39, 0.29) is 12.1 Å². The van der Waals surface area contributed by atoms with Crippen LogP contribution in [0.4, 0.5) is 0 Å². The van der Waals surface area contributed by atoms with Crippen LogP contribution in [0.3, 0.4) is 0 Å². The van der Waals surface area contributed by atoms with Crippen molar-refractivity contribution in [2.75, 3.05) is 28.2 Å². The number of nitrogens with zero attached hydrogens (tertiary/aromatic N) is 4. The normalized spacial score (nSPS) is 20.2. The van der Waals surface area contributed by atoms with Crippen molar-refractivity contribution in [3.8, 4) is 12.1 Å². The van der Waals surface area contributed by atoms with E-state index in [4.69, 9.17) is 4.74 Å². The van der Waals surface area contributed by atoms with Gasteiger partial charge >= 0.3 is 0 Å². The van der Waals surface area contributed by atoms with Gasteiger partial charge in [-0.1, -0.05) is 0 Å². The fraction of sp³-hybridized carbons (Fsp3) is 0.875. The number of rotatable bonds is 8. The Hall–Kier alpha value is -1.14. The molecule has 0 spiro atoms. The molecule has 0 bridgehead atoms. The molecule has 0 saturated carbocycles. The van der Waals surface area contributed by atoms with Crippen LogP contribution in [0.2, 0.25) is 0 Å². The average Bonchev–Trinajstić information content (AvgIpc) is 2.37. The van der Waals surface area contributed by atoms with Gasteiger partial charge in [0.1, 0.15) is 0 Å². The summed E-state index contributed by atoms with van der Waals surface area (Å²) in [7, 11) is 7.89. The molecule has 0 heterocycles. The van der Waals surface area contributed by atoms with Gasteiger partial charge < -0.3 is 14.5 Å². The molecule has 4 unspecified atom stereocenters. The fourth-order valence-corrected chi connectivity index (χ4v) is 2.21. The summed E-state index contributed by atoms with van der Waals surface area (Å²) in [5.41, 5.74) is -1.94. The Morgan fingerprint density at radius 2 is 1.14 bits per heavy atom. The van der Waals surface area contributed by atoms with Crippen molar-refractivity contribution in [3.05, 3.63) is 0 Å². The third-order valence-electron chi connectivity index (χ3n) is 4.06. The topological polar surface area (TPSA) is 63.3 Å². The van der Waals surface area contributed by atoms with Crippen LogP contribution in [0.5, 0.6) is 0 Å². The van der Waals surface area contributed by atoms with Crippen LogP contribution in [0.25, 0.3) is 0 Å². The summed E-state index contributed by atoms with van der Waals surface area (Å²) in [6.07, 6.45) is 1.12. The average molecular weight is 294 g/mol. The summed E-state index contributed by atoms with van der Waals surface area (Å²) < 4.78 is 5.99. The van der Waals surface area contributed by atoms with Gasteiger partial charge in [0, 0.05) is 24.9 Å². The second kappa shape index (κ2) is 7.75. The van der Waals surface area contributed by atoms with E-state index in [1.165, 1.54) is 0 Å². The summed E-state index contributed by atoms with van der Waals surface area (Å²) in [4.78, 5) is 4.09. The van der Waals surface area contributed by atoms with Crippen molar-refractivity contribution < 1.29 is 4.74 Å². The van der Waals surface area contributed by atoms with Crippen molar-refractivity contribution in [2.24, 2.45) is 0 Å². The van der Waals surface area contributed by atoms with Gasteiger partial charge in [-0.15, -0.1) is 0 Å². The number of hydrogen-bond acceptors (Lipinski definition) is 5. The number of hydrogen-bond donors (Lipinski definition) is 0. The summed E-state index contributed by atoms with van der Waals surface area (Å²) in [5, 5.41) is 19.0. The molecule has 0 aromatic carbocycles. The molecule has 0 aliphatic carbocycles. The summed E-state index contributed by atoms with van der Waals surface area (Å²) in [5.74, 6) is 0. The monoisotopic (exact) mass is 294 g/mol. The number of ether oxygens (including phenoxy) is 1. The zero-order valence-electron chi connectivity index (χ0n) is 14.8. The molecule has 4 atom stereocenters. The van der Waals surface area contributed by atoms with Crippen LogP contribution < -0.4 is 0 Å². The largest absolute Gasteiger partial charge is 0.339 e. The van der Waals surface area contributed by atoms with Gasteiger partial charge in [-0.25, -0.2) is 0 Å². The third-order valence-corrected chi connectivity index (χ3v) is 4.06. The molecule has 0 amide bonds. The first-order valence-electron chi connectivity index (χ1n) is 7.34. The molecular formula is C16H30N4O. The van der Waals surface area contributed by atoms with E-state index >= 15 is 0 Å². The van der Waals surface area contributed by atoms with E-state index in [0.29, 0.717) is 12.8 Å². The molecule has 0 radical (unpaired) electrons. The zero-order valence-corrected chi connectivity index (χ0v) is 14.8. The Labute approximate surface area is 130 Å². The van der Waals surface area contributed by atoms with Crippen molar-refractivity contribution in [1.29, 1.82) is 10.5 Å². The molecule has 0 aromatic rings. The second-order valence-electron chi connectivity index (χ2n) is 6.82. The Morgan fingerprint density at radius 3 is 1.33 bits per heavy atom. The van der Waals surface area contributed by atoms with Crippen LogP contribution in [-0.2, 0) is 4.74 Å². The molecule has 120 valence electrons. The van der Waals surface area contributed by atoms with E-state index in [2.05, 4.69) is 12.1 Å². The third kappa shape index (κ3) is 6.44. The molecule has 0 rings (SSSR count). The highest BCUT2D eigenvalue weighted by atomic mass is 16.5. The molecule has 0 aliphatic heterocycles. The Morgan fingerprint density at radius 1 is 0.857 bits per heavy atom. The van der Waals surface area contributed by atoms with Crippen molar-refractivity contribution in [2.45, 2.75) is 63.8 Å². The molecule has 21 heavy (non-hydrogen) atoms. The smallest absolute Gasteiger partial charge is 0.155 e. The predicted octanol–water partition coefficient (Wildman–Crippen LogP) is 2.25. The van der Waals surface area contributed by atoms with Crippen molar-refractivity contribution >= 4 is 0 Å². The maximum absolute atomic E-state index is 9.50. The molecule has 0 N–H and O–H groups in total. The van der Waals surface area contributed by atoms with E-state index in [1.54, 1.807) is 13.8 Å². The lowest BCUT2D eigenvalue weighted by Gasteiger charge is -2.37. The van der Waals surface area contributed by atoms with E-state index in [0.717, 1.165) is 0 Å². The summed E-state index contributed by atoms with van der Waals surface area (Å²) in [6, 6.07) is 4.88. The van der Waals surface area contributed by atoms with Gasteiger partial charge in [0.25, 0.3) is 0 Å². The maximum Gasteiger partial charge on any atom is 0.155 e. The van der Waals surface area contributed by atoms with Gasteiger partial charge in [-0.3, -0.25) is 0 Å². The van der Waals surface area contributed by atoms with Gasteiger partial charge in [-0.2, -0.15) is 10.5 Å². The summed E-state index contributed by atoms with van der Waals surface area (Å²) >= 11 is 0. The molecule has 5 nitrogen and oxygen atoms in total. The molecule has 0 fully saturated rings. The first-order chi connectivity index (χ1) is 9.48. The van der Waals surface area contributed by atoms with Crippen LogP contribution in [0.1, 0.15) is 40.5 Å². The lowest BCUT2D eigenvalue weighted by molar-refractivity contribution is -0.100. The van der Waals surface area contributed by atoms with Crippen LogP contribution in [-0.4, -0.2) is 61.3 Å². The minimum atomic E-state index is -0.972. The molecule has 0 aromatic heterocycles. The highest BCUT2D eigenvalue weighted by molar-refractivity contribution is 5.08. The first kappa shape index (κ1) is 19.9. The lowest BCUT2D eigenvalue weighted by atomic mass is 9.93. The van der Waals surface area contributed by atoms with Crippen LogP contribution in [0, 0.1) is 22.7 Å². The van der Waals surface area contributed by atoms with Gasteiger partial charge in [0.2, 0.25) is 0 Å². The highest BCUT2D eigenvalue weighted by Gasteiger charge is 2.39. The fourth-order valence-electron chi connectivity index (χ4n) is 2.21. The van der Waals surface area contributed by atoms with E-state index < -0.39 is 11.2 Å². The zero-order chi connectivity index (χ0) is 16.8. The van der Waals surface area contributed by atoms with Crippen molar-refractivity contribution in [3.63, 3.8) is 0 Å². The minimum absolute atomic E-state index is 0.198. The maximum atomic E-state index is 9.50. The van der Waals surface area contributed by atoms with Gasteiger partial charge in [0.15, 0.2) is 11.2 Å². The Kier molecular flexibility index (Phi) is 7.33. The van der Waals surface area contributed by atoms with E-state index in [9.17, 15) is 10.5 Å². The second-order valence-corrected chi connectivity index (χ2v) is 6.82.